The lowest BCUT2D eigenvalue weighted by atomic mass is 9.96. The second-order valence-electron chi connectivity index (χ2n) is 10.9. The summed E-state index contributed by atoms with van der Waals surface area (Å²) in [7, 11) is 0. The molecule has 1 amide bonds. The van der Waals surface area contributed by atoms with Crippen LogP contribution in [0.5, 0.6) is 5.75 Å². The quantitative estimate of drug-likeness (QED) is 0.456. The summed E-state index contributed by atoms with van der Waals surface area (Å²) in [6.45, 7) is 13.0. The van der Waals surface area contributed by atoms with Gasteiger partial charge < -0.3 is 14.4 Å². The van der Waals surface area contributed by atoms with Crippen LogP contribution in [0.4, 0.5) is 13.2 Å². The van der Waals surface area contributed by atoms with Gasteiger partial charge in [-0.2, -0.15) is 13.2 Å². The predicted octanol–water partition coefficient (Wildman–Crippen LogP) is 4.48. The van der Waals surface area contributed by atoms with Gasteiger partial charge in [-0.1, -0.05) is 6.07 Å². The number of ether oxygens (including phenoxy) is 2. The third kappa shape index (κ3) is 5.93. The highest BCUT2D eigenvalue weighted by Gasteiger charge is 2.47. The van der Waals surface area contributed by atoms with Crippen LogP contribution in [0.1, 0.15) is 58.5 Å². The number of hydrogen-bond donors (Lipinski definition) is 0. The lowest BCUT2D eigenvalue weighted by molar-refractivity contribution is -0.137. The summed E-state index contributed by atoms with van der Waals surface area (Å²) >= 11 is 0. The molecule has 3 aliphatic heterocycles. The molecule has 2 aromatic rings. The Balaban J connectivity index is 1.16. The summed E-state index contributed by atoms with van der Waals surface area (Å²) in [4.78, 5) is 23.5. The van der Waals surface area contributed by atoms with Gasteiger partial charge in [-0.15, -0.1) is 0 Å². The molecule has 0 radical (unpaired) electrons. The number of amides is 1. The third-order valence-corrected chi connectivity index (χ3v) is 8.56. The molecule has 2 bridgehead atoms. The number of nitrogens with zero attached hydrogens (tertiary/aromatic N) is 4. The van der Waals surface area contributed by atoms with E-state index in [2.05, 4.69) is 47.7 Å². The fraction of sp³-hybridized carbons (Fsp3) is 0.586. The van der Waals surface area contributed by atoms with Gasteiger partial charge in [0, 0.05) is 57.0 Å². The van der Waals surface area contributed by atoms with Crippen LogP contribution in [-0.4, -0.2) is 90.2 Å². The van der Waals surface area contributed by atoms with E-state index in [1.165, 1.54) is 17.2 Å². The first-order valence-corrected chi connectivity index (χ1v) is 13.8. The molecular weight excluding hydrogens is 509 g/mol. The molecule has 10 heteroatoms. The molecule has 0 N–H and O–H groups in total. The second kappa shape index (κ2) is 11.4. The monoisotopic (exact) mass is 546 g/mol. The van der Waals surface area contributed by atoms with Gasteiger partial charge in [-0.3, -0.25) is 19.6 Å². The van der Waals surface area contributed by atoms with Crippen LogP contribution >= 0.6 is 0 Å². The summed E-state index contributed by atoms with van der Waals surface area (Å²) < 4.78 is 50.1. The van der Waals surface area contributed by atoms with Gasteiger partial charge in [0.2, 0.25) is 0 Å². The number of pyridine rings is 1. The van der Waals surface area contributed by atoms with Gasteiger partial charge in [0.05, 0.1) is 25.4 Å². The van der Waals surface area contributed by atoms with Crippen molar-refractivity contribution in [2.45, 2.75) is 57.9 Å². The molecule has 39 heavy (non-hydrogen) atoms. The lowest BCUT2D eigenvalue weighted by Crippen LogP contribution is -2.49. The maximum atomic E-state index is 13.0. The van der Waals surface area contributed by atoms with E-state index in [4.69, 9.17) is 9.47 Å². The van der Waals surface area contributed by atoms with E-state index < -0.39 is 11.7 Å². The molecule has 0 saturated carbocycles. The van der Waals surface area contributed by atoms with Gasteiger partial charge in [0.15, 0.2) is 0 Å². The molecule has 3 fully saturated rings. The molecule has 3 saturated heterocycles. The van der Waals surface area contributed by atoms with Crippen molar-refractivity contribution < 1.29 is 27.4 Å². The molecule has 4 heterocycles. The van der Waals surface area contributed by atoms with Crippen LogP contribution in [0.15, 0.2) is 30.5 Å². The maximum absolute atomic E-state index is 13.0. The van der Waals surface area contributed by atoms with Crippen LogP contribution in [0, 0.1) is 13.8 Å². The van der Waals surface area contributed by atoms with Crippen molar-refractivity contribution in [2.75, 3.05) is 52.5 Å². The van der Waals surface area contributed by atoms with Crippen LogP contribution in [-0.2, 0) is 10.9 Å². The minimum absolute atomic E-state index is 0.0320. The minimum atomic E-state index is -4.47. The number of piperazine rings is 1. The van der Waals surface area contributed by atoms with Crippen molar-refractivity contribution in [3.8, 4) is 5.75 Å². The summed E-state index contributed by atoms with van der Waals surface area (Å²) in [6.07, 6.45) is -1.90. The molecule has 0 unspecified atom stereocenters. The molecule has 3 aliphatic rings. The zero-order chi connectivity index (χ0) is 27.7. The van der Waals surface area contributed by atoms with E-state index in [9.17, 15) is 18.0 Å². The lowest BCUT2D eigenvalue weighted by Gasteiger charge is -2.38. The molecule has 7 nitrogen and oxygen atoms in total. The summed E-state index contributed by atoms with van der Waals surface area (Å²) in [5.41, 5.74) is 2.83. The fourth-order valence-corrected chi connectivity index (χ4v) is 6.16. The van der Waals surface area contributed by atoms with Crippen LogP contribution in [0.3, 0.4) is 0 Å². The number of benzene rings is 1. The van der Waals surface area contributed by atoms with Crippen molar-refractivity contribution in [3.63, 3.8) is 0 Å². The number of morpholine rings is 1. The normalized spacial score (nSPS) is 22.9. The minimum Gasteiger partial charge on any atom is -0.493 e. The molecule has 3 atom stereocenters. The third-order valence-electron chi connectivity index (χ3n) is 8.56. The Hall–Kier alpha value is -2.69. The SMILES string of the molecule is Cc1c(OCCCN2CCOCC2)ccc([C@H](C)N2C[C@H]3C[C@@H]2CN3C(=O)c2ccc(C(F)(F)F)cn2)c1C. The Morgan fingerprint density at radius 1 is 1.10 bits per heavy atom. The first-order chi connectivity index (χ1) is 18.6. The second-order valence-corrected chi connectivity index (χ2v) is 10.9. The topological polar surface area (TPSA) is 58.1 Å². The number of rotatable bonds is 8. The van der Waals surface area contributed by atoms with Crippen molar-refractivity contribution in [1.82, 2.24) is 19.7 Å². The number of hydrogen-bond acceptors (Lipinski definition) is 6. The first-order valence-electron chi connectivity index (χ1n) is 13.8. The van der Waals surface area contributed by atoms with Crippen molar-refractivity contribution in [2.24, 2.45) is 0 Å². The van der Waals surface area contributed by atoms with Crippen molar-refractivity contribution in [3.05, 3.63) is 58.4 Å². The highest BCUT2D eigenvalue weighted by atomic mass is 19.4. The Morgan fingerprint density at radius 3 is 2.51 bits per heavy atom. The van der Waals surface area contributed by atoms with E-state index in [0.29, 0.717) is 13.2 Å². The molecule has 5 rings (SSSR count). The summed E-state index contributed by atoms with van der Waals surface area (Å²) in [6, 6.07) is 6.75. The Labute approximate surface area is 227 Å². The molecule has 0 spiro atoms. The van der Waals surface area contributed by atoms with E-state index in [0.717, 1.165) is 75.8 Å². The van der Waals surface area contributed by atoms with Crippen LogP contribution < -0.4 is 4.74 Å². The number of aromatic nitrogens is 1. The number of fused-ring (bicyclic) bond motifs is 2. The maximum Gasteiger partial charge on any atom is 0.417 e. The smallest absolute Gasteiger partial charge is 0.417 e. The van der Waals surface area contributed by atoms with Gasteiger partial charge in [-0.05, 0) is 68.5 Å². The fourth-order valence-electron chi connectivity index (χ4n) is 6.16. The highest BCUT2D eigenvalue weighted by Crippen LogP contribution is 2.39. The number of alkyl halides is 3. The van der Waals surface area contributed by atoms with Crippen LogP contribution in [0.2, 0.25) is 0 Å². The molecule has 212 valence electrons. The van der Waals surface area contributed by atoms with E-state index in [-0.39, 0.29) is 29.7 Å². The van der Waals surface area contributed by atoms with Gasteiger partial charge in [-0.25, -0.2) is 0 Å². The zero-order valence-electron chi connectivity index (χ0n) is 22.8. The molecular formula is C29H37F3N4O3. The molecule has 0 aliphatic carbocycles. The summed E-state index contributed by atoms with van der Waals surface area (Å²) in [5.74, 6) is 0.625. The van der Waals surface area contributed by atoms with E-state index >= 15 is 0 Å². The average molecular weight is 547 g/mol. The Bertz CT molecular complexity index is 1170. The van der Waals surface area contributed by atoms with Crippen LogP contribution in [0.25, 0.3) is 0 Å². The number of carbonyl (C=O) groups excluding carboxylic acids is 1. The number of halogens is 3. The Morgan fingerprint density at radius 2 is 1.87 bits per heavy atom. The first kappa shape index (κ1) is 27.9. The van der Waals surface area contributed by atoms with Gasteiger partial charge in [0.1, 0.15) is 11.4 Å². The standard InChI is InChI=1S/C29H37F3N4O3/c1-19-20(2)27(39-12-4-9-34-10-13-38-14-11-34)8-6-25(19)21(3)35-17-24-15-23(35)18-36(24)28(37)26-7-5-22(16-33-26)29(30,31)32/h5-8,16,21,23-24H,4,9-15,17-18H2,1-3H3/t21-,23+,24+/m0/s1. The number of carbonyl (C=O) groups is 1. The van der Waals surface area contributed by atoms with Gasteiger partial charge in [0.25, 0.3) is 5.91 Å². The highest BCUT2D eigenvalue weighted by molar-refractivity contribution is 5.93. The largest absolute Gasteiger partial charge is 0.493 e. The van der Waals surface area contributed by atoms with E-state index in [1.807, 2.05) is 0 Å². The summed E-state index contributed by atoms with van der Waals surface area (Å²) in [5, 5.41) is 0. The average Bonchev–Trinajstić information content (AvgIpc) is 3.54. The predicted molar refractivity (Wildman–Crippen MR) is 141 cm³/mol. The Kier molecular flexibility index (Phi) is 8.16. The van der Waals surface area contributed by atoms with Gasteiger partial charge >= 0.3 is 6.18 Å². The zero-order valence-corrected chi connectivity index (χ0v) is 22.8. The molecule has 1 aromatic carbocycles. The number of likely N-dealkylation sites (tertiary alicyclic amines) is 2. The van der Waals surface area contributed by atoms with E-state index in [1.54, 1.807) is 4.90 Å². The van der Waals surface area contributed by atoms with Crippen molar-refractivity contribution >= 4 is 5.91 Å². The van der Waals surface area contributed by atoms with Crippen molar-refractivity contribution in [1.29, 1.82) is 0 Å². The molecule has 1 aromatic heterocycles.